The normalized spacial score (nSPS) is 10.5. The fraction of sp³-hybridized carbons (Fsp3) is 0.600. The highest BCUT2D eigenvalue weighted by molar-refractivity contribution is 5.62. The van der Waals surface area contributed by atoms with Gasteiger partial charge in [-0.2, -0.15) is 0 Å². The lowest BCUT2D eigenvalue weighted by molar-refractivity contribution is -0.384. The molecule has 0 spiro atoms. The number of rotatable bonds is 10. The zero-order valence-electron chi connectivity index (χ0n) is 12.4. The molecule has 0 aliphatic heterocycles. The van der Waals surface area contributed by atoms with Crippen LogP contribution in [0.15, 0.2) is 18.2 Å². The van der Waals surface area contributed by atoms with Gasteiger partial charge in [-0.15, -0.1) is 0 Å². The summed E-state index contributed by atoms with van der Waals surface area (Å²) in [4.78, 5) is 10.7. The van der Waals surface area contributed by atoms with Gasteiger partial charge in [-0.1, -0.05) is 32.3 Å². The Balaban J connectivity index is 2.50. The van der Waals surface area contributed by atoms with Crippen molar-refractivity contribution in [2.75, 3.05) is 18.5 Å². The van der Waals surface area contributed by atoms with Crippen molar-refractivity contribution in [3.05, 3.63) is 33.9 Å². The SMILES string of the molecule is CCCCCCOCc1ccc(NCC)c([N+](=O)[O-])c1. The van der Waals surface area contributed by atoms with E-state index >= 15 is 0 Å². The molecule has 0 atom stereocenters. The minimum atomic E-state index is -0.358. The molecule has 5 nitrogen and oxygen atoms in total. The zero-order chi connectivity index (χ0) is 14.8. The number of nitro groups is 1. The lowest BCUT2D eigenvalue weighted by Gasteiger charge is -2.08. The number of hydrogen-bond donors (Lipinski definition) is 1. The topological polar surface area (TPSA) is 64.4 Å². The van der Waals surface area contributed by atoms with Crippen LogP contribution in [0.1, 0.15) is 45.1 Å². The molecule has 0 saturated heterocycles. The van der Waals surface area contributed by atoms with Crippen molar-refractivity contribution in [2.45, 2.75) is 46.1 Å². The van der Waals surface area contributed by atoms with Crippen molar-refractivity contribution >= 4 is 11.4 Å². The van der Waals surface area contributed by atoms with Crippen LogP contribution in [0.3, 0.4) is 0 Å². The summed E-state index contributed by atoms with van der Waals surface area (Å²) in [7, 11) is 0. The largest absolute Gasteiger partial charge is 0.380 e. The van der Waals surface area contributed by atoms with Gasteiger partial charge < -0.3 is 10.1 Å². The van der Waals surface area contributed by atoms with Crippen LogP contribution in [0.2, 0.25) is 0 Å². The molecular weight excluding hydrogens is 256 g/mol. The van der Waals surface area contributed by atoms with Gasteiger partial charge in [0.1, 0.15) is 5.69 Å². The Morgan fingerprint density at radius 3 is 2.70 bits per heavy atom. The Morgan fingerprint density at radius 1 is 1.25 bits per heavy atom. The molecule has 20 heavy (non-hydrogen) atoms. The molecular formula is C15H24N2O3. The summed E-state index contributed by atoms with van der Waals surface area (Å²) in [5.41, 5.74) is 1.51. The maximum Gasteiger partial charge on any atom is 0.292 e. The van der Waals surface area contributed by atoms with Gasteiger partial charge in [0.05, 0.1) is 11.5 Å². The highest BCUT2D eigenvalue weighted by atomic mass is 16.6. The summed E-state index contributed by atoms with van der Waals surface area (Å²) < 4.78 is 5.56. The quantitative estimate of drug-likeness (QED) is 0.398. The molecule has 1 aromatic carbocycles. The highest BCUT2D eigenvalue weighted by Crippen LogP contribution is 2.25. The van der Waals surface area contributed by atoms with Crippen molar-refractivity contribution < 1.29 is 9.66 Å². The number of anilines is 1. The van der Waals surface area contributed by atoms with E-state index in [2.05, 4.69) is 12.2 Å². The first-order valence-corrected chi connectivity index (χ1v) is 7.28. The van der Waals surface area contributed by atoms with Crippen molar-refractivity contribution in [2.24, 2.45) is 0 Å². The van der Waals surface area contributed by atoms with Crippen molar-refractivity contribution in [1.82, 2.24) is 0 Å². The third kappa shape index (κ3) is 5.57. The van der Waals surface area contributed by atoms with E-state index in [1.54, 1.807) is 12.1 Å². The van der Waals surface area contributed by atoms with Crippen molar-refractivity contribution in [3.8, 4) is 0 Å². The molecule has 1 aromatic rings. The summed E-state index contributed by atoms with van der Waals surface area (Å²) >= 11 is 0. The molecule has 112 valence electrons. The second-order valence-corrected chi connectivity index (χ2v) is 4.75. The maximum absolute atomic E-state index is 11.0. The van der Waals surface area contributed by atoms with Crippen LogP contribution < -0.4 is 5.32 Å². The van der Waals surface area contributed by atoms with E-state index in [-0.39, 0.29) is 10.6 Å². The van der Waals surface area contributed by atoms with Crippen LogP contribution in [-0.4, -0.2) is 18.1 Å². The van der Waals surface area contributed by atoms with Gasteiger partial charge in [0, 0.05) is 19.2 Å². The Kier molecular flexibility index (Phi) is 7.65. The van der Waals surface area contributed by atoms with Crippen LogP contribution in [0.25, 0.3) is 0 Å². The van der Waals surface area contributed by atoms with Gasteiger partial charge in [-0.05, 0) is 25.0 Å². The first-order chi connectivity index (χ1) is 9.69. The summed E-state index contributed by atoms with van der Waals surface area (Å²) in [6.45, 7) is 5.89. The van der Waals surface area contributed by atoms with Crippen LogP contribution >= 0.6 is 0 Å². The number of unbranched alkanes of at least 4 members (excludes halogenated alkanes) is 3. The minimum Gasteiger partial charge on any atom is -0.380 e. The molecule has 0 fully saturated rings. The molecule has 0 heterocycles. The second kappa shape index (κ2) is 9.31. The third-order valence-electron chi connectivity index (χ3n) is 3.04. The Hall–Kier alpha value is -1.62. The molecule has 0 aromatic heterocycles. The van der Waals surface area contributed by atoms with Gasteiger partial charge in [-0.3, -0.25) is 10.1 Å². The van der Waals surface area contributed by atoms with Gasteiger partial charge in [0.25, 0.3) is 5.69 Å². The third-order valence-corrected chi connectivity index (χ3v) is 3.04. The second-order valence-electron chi connectivity index (χ2n) is 4.75. The van der Waals surface area contributed by atoms with Gasteiger partial charge in [0.15, 0.2) is 0 Å². The number of hydrogen-bond acceptors (Lipinski definition) is 4. The summed E-state index contributed by atoms with van der Waals surface area (Å²) in [6, 6.07) is 5.21. The van der Waals surface area contributed by atoms with Crippen molar-refractivity contribution in [3.63, 3.8) is 0 Å². The van der Waals surface area contributed by atoms with Gasteiger partial charge in [0.2, 0.25) is 0 Å². The Bertz CT molecular complexity index is 422. The number of nitro benzene ring substituents is 1. The first-order valence-electron chi connectivity index (χ1n) is 7.28. The summed E-state index contributed by atoms with van der Waals surface area (Å²) in [6.07, 6.45) is 4.66. The number of benzene rings is 1. The molecule has 1 N–H and O–H groups in total. The van der Waals surface area contributed by atoms with Crippen LogP contribution in [0.4, 0.5) is 11.4 Å². The molecule has 0 aliphatic rings. The number of ether oxygens (including phenoxy) is 1. The van der Waals surface area contributed by atoms with Crippen LogP contribution in [-0.2, 0) is 11.3 Å². The van der Waals surface area contributed by atoms with Gasteiger partial charge >= 0.3 is 0 Å². The summed E-state index contributed by atoms with van der Waals surface area (Å²) in [5.74, 6) is 0. The maximum atomic E-state index is 11.0. The predicted octanol–water partition coefficient (Wildman–Crippen LogP) is 4.12. The van der Waals surface area contributed by atoms with Crippen LogP contribution in [0, 0.1) is 10.1 Å². The first kappa shape index (κ1) is 16.4. The number of nitrogens with zero attached hydrogens (tertiary/aromatic N) is 1. The van der Waals surface area contributed by atoms with E-state index in [1.807, 2.05) is 13.0 Å². The fourth-order valence-electron chi connectivity index (χ4n) is 1.98. The predicted molar refractivity (Wildman–Crippen MR) is 81.1 cm³/mol. The Labute approximate surface area is 120 Å². The smallest absolute Gasteiger partial charge is 0.292 e. The average Bonchev–Trinajstić information content (AvgIpc) is 2.44. The van der Waals surface area contributed by atoms with Gasteiger partial charge in [-0.25, -0.2) is 0 Å². The molecule has 5 heteroatoms. The van der Waals surface area contributed by atoms with E-state index < -0.39 is 0 Å². The molecule has 0 bridgehead atoms. The standard InChI is InChI=1S/C15H24N2O3/c1-3-5-6-7-10-20-12-13-8-9-14(16-4-2)15(11-13)17(18)19/h8-9,11,16H,3-7,10,12H2,1-2H3. The summed E-state index contributed by atoms with van der Waals surface area (Å²) in [5, 5.41) is 14.0. The molecule has 1 rings (SSSR count). The highest BCUT2D eigenvalue weighted by Gasteiger charge is 2.13. The molecule has 0 unspecified atom stereocenters. The Morgan fingerprint density at radius 2 is 2.05 bits per heavy atom. The van der Waals surface area contributed by atoms with Crippen LogP contribution in [0.5, 0.6) is 0 Å². The van der Waals surface area contributed by atoms with E-state index in [0.29, 0.717) is 25.4 Å². The fourth-order valence-corrected chi connectivity index (χ4v) is 1.98. The lowest BCUT2D eigenvalue weighted by Crippen LogP contribution is -2.03. The van der Waals surface area contributed by atoms with E-state index in [0.717, 1.165) is 12.0 Å². The number of nitrogens with one attached hydrogen (secondary N) is 1. The van der Waals surface area contributed by atoms with Crippen molar-refractivity contribution in [1.29, 1.82) is 0 Å². The molecule has 0 radical (unpaired) electrons. The molecule has 0 saturated carbocycles. The lowest BCUT2D eigenvalue weighted by atomic mass is 10.2. The van der Waals surface area contributed by atoms with E-state index in [9.17, 15) is 10.1 Å². The van der Waals surface area contributed by atoms with E-state index in [1.165, 1.54) is 19.3 Å². The molecule has 0 amide bonds. The minimum absolute atomic E-state index is 0.110. The monoisotopic (exact) mass is 280 g/mol. The molecule has 0 aliphatic carbocycles. The van der Waals surface area contributed by atoms with E-state index in [4.69, 9.17) is 4.74 Å². The zero-order valence-corrected chi connectivity index (χ0v) is 12.4. The average molecular weight is 280 g/mol.